The minimum atomic E-state index is -0.189. The number of furan rings is 1. The van der Waals surface area contributed by atoms with Gasteiger partial charge >= 0.3 is 0 Å². The normalized spacial score (nSPS) is 18.9. The van der Waals surface area contributed by atoms with Crippen LogP contribution in [0.5, 0.6) is 0 Å². The first kappa shape index (κ1) is 17.5. The van der Waals surface area contributed by atoms with Crippen LogP contribution in [0.4, 0.5) is 0 Å². The molecule has 136 valence electrons. The smallest absolute Gasteiger partial charge is 0.289 e. The number of carbonyl (C=O) groups excluding carboxylic acids is 3. The van der Waals surface area contributed by atoms with Gasteiger partial charge in [-0.2, -0.15) is 0 Å². The maximum Gasteiger partial charge on any atom is 0.289 e. The number of carbonyl (C=O) groups is 3. The summed E-state index contributed by atoms with van der Waals surface area (Å²) >= 11 is 0. The van der Waals surface area contributed by atoms with Crippen molar-refractivity contribution in [2.24, 2.45) is 0 Å². The number of piperazine rings is 1. The van der Waals surface area contributed by atoms with E-state index in [9.17, 15) is 14.4 Å². The highest BCUT2D eigenvalue weighted by Gasteiger charge is 2.27. The molecule has 1 saturated carbocycles. The van der Waals surface area contributed by atoms with Crippen LogP contribution >= 0.6 is 0 Å². The monoisotopic (exact) mass is 347 g/mol. The van der Waals surface area contributed by atoms with Gasteiger partial charge in [-0.3, -0.25) is 14.4 Å². The second-order valence-electron chi connectivity index (χ2n) is 6.73. The molecule has 1 N–H and O–H groups in total. The quantitative estimate of drug-likeness (QED) is 0.835. The Morgan fingerprint density at radius 2 is 1.72 bits per heavy atom. The first-order chi connectivity index (χ1) is 12.1. The maximum absolute atomic E-state index is 12.3. The first-order valence-electron chi connectivity index (χ1n) is 9.03. The van der Waals surface area contributed by atoms with E-state index in [1.54, 1.807) is 21.9 Å². The molecule has 2 aliphatic rings. The standard InChI is InChI=1S/C18H25N3O4/c22-16(19-14-5-2-1-3-6-14)13-17(23)20-8-10-21(11-9-20)18(24)15-7-4-12-25-15/h4,7,12,14H,1-3,5-6,8-11,13H2,(H,19,22). The minimum absolute atomic E-state index is 0.109. The van der Waals surface area contributed by atoms with Crippen molar-refractivity contribution in [1.82, 2.24) is 15.1 Å². The fraction of sp³-hybridized carbons (Fsp3) is 0.611. The summed E-state index contributed by atoms with van der Waals surface area (Å²) in [5.41, 5.74) is 0. The fourth-order valence-corrected chi connectivity index (χ4v) is 3.49. The first-order valence-corrected chi connectivity index (χ1v) is 9.03. The van der Waals surface area contributed by atoms with Crippen molar-refractivity contribution >= 4 is 17.7 Å². The molecular formula is C18H25N3O4. The lowest BCUT2D eigenvalue weighted by Crippen LogP contribution is -2.51. The Balaban J connectivity index is 1.42. The van der Waals surface area contributed by atoms with Crippen molar-refractivity contribution in [2.75, 3.05) is 26.2 Å². The zero-order valence-electron chi connectivity index (χ0n) is 14.4. The Hall–Kier alpha value is -2.31. The molecule has 25 heavy (non-hydrogen) atoms. The minimum Gasteiger partial charge on any atom is -0.459 e. The van der Waals surface area contributed by atoms with Gasteiger partial charge in [0.15, 0.2) is 5.76 Å². The van der Waals surface area contributed by atoms with E-state index in [0.717, 1.165) is 25.7 Å². The number of amides is 3. The maximum atomic E-state index is 12.3. The molecule has 1 aromatic rings. The van der Waals surface area contributed by atoms with Crippen molar-refractivity contribution in [3.8, 4) is 0 Å². The van der Waals surface area contributed by atoms with E-state index in [1.807, 2.05) is 0 Å². The zero-order chi connectivity index (χ0) is 17.6. The zero-order valence-corrected chi connectivity index (χ0v) is 14.4. The fourth-order valence-electron chi connectivity index (χ4n) is 3.49. The topological polar surface area (TPSA) is 82.9 Å². The molecule has 0 bridgehead atoms. The molecule has 0 aromatic carbocycles. The van der Waals surface area contributed by atoms with Crippen LogP contribution in [-0.4, -0.2) is 59.7 Å². The summed E-state index contributed by atoms with van der Waals surface area (Å²) in [6.45, 7) is 1.80. The molecule has 0 spiro atoms. The van der Waals surface area contributed by atoms with Gasteiger partial charge in [0.05, 0.1) is 6.26 Å². The molecule has 3 amide bonds. The lowest BCUT2D eigenvalue weighted by atomic mass is 9.95. The van der Waals surface area contributed by atoms with Crippen LogP contribution in [-0.2, 0) is 9.59 Å². The lowest BCUT2D eigenvalue weighted by Gasteiger charge is -2.34. The van der Waals surface area contributed by atoms with Crippen molar-refractivity contribution in [1.29, 1.82) is 0 Å². The summed E-state index contributed by atoms with van der Waals surface area (Å²) in [4.78, 5) is 39.9. The van der Waals surface area contributed by atoms with Crippen LogP contribution in [0.1, 0.15) is 49.1 Å². The van der Waals surface area contributed by atoms with Crippen molar-refractivity contribution in [2.45, 2.75) is 44.6 Å². The highest BCUT2D eigenvalue weighted by atomic mass is 16.3. The van der Waals surface area contributed by atoms with Gasteiger partial charge in [-0.1, -0.05) is 19.3 Å². The molecule has 0 radical (unpaired) electrons. The number of nitrogens with zero attached hydrogens (tertiary/aromatic N) is 2. The Morgan fingerprint density at radius 3 is 2.36 bits per heavy atom. The van der Waals surface area contributed by atoms with E-state index >= 15 is 0 Å². The summed E-state index contributed by atoms with van der Waals surface area (Å²) in [5, 5.41) is 2.97. The SMILES string of the molecule is O=C(CC(=O)N1CCN(C(=O)c2ccco2)CC1)NC1CCCCC1. The Morgan fingerprint density at radius 1 is 1.04 bits per heavy atom. The summed E-state index contributed by atoms with van der Waals surface area (Å²) in [7, 11) is 0. The molecular weight excluding hydrogens is 322 g/mol. The van der Waals surface area contributed by atoms with Crippen molar-refractivity contribution < 1.29 is 18.8 Å². The van der Waals surface area contributed by atoms with Gasteiger partial charge in [-0.15, -0.1) is 0 Å². The summed E-state index contributed by atoms with van der Waals surface area (Å²) in [6.07, 6.45) is 6.89. The van der Waals surface area contributed by atoms with Gasteiger partial charge in [0.1, 0.15) is 6.42 Å². The molecule has 3 rings (SSSR count). The molecule has 0 unspecified atom stereocenters. The van der Waals surface area contributed by atoms with Crippen LogP contribution in [0.3, 0.4) is 0 Å². The predicted molar refractivity (Wildman–Crippen MR) is 90.8 cm³/mol. The predicted octanol–water partition coefficient (Wildman–Crippen LogP) is 1.40. The summed E-state index contributed by atoms with van der Waals surface area (Å²) in [6, 6.07) is 3.53. The number of rotatable bonds is 4. The number of hydrogen-bond donors (Lipinski definition) is 1. The largest absolute Gasteiger partial charge is 0.459 e. The van der Waals surface area contributed by atoms with Crippen LogP contribution in [0, 0.1) is 0 Å². The van der Waals surface area contributed by atoms with Gasteiger partial charge in [-0.25, -0.2) is 0 Å². The average molecular weight is 347 g/mol. The lowest BCUT2D eigenvalue weighted by molar-refractivity contribution is -0.137. The van der Waals surface area contributed by atoms with Crippen LogP contribution in [0.2, 0.25) is 0 Å². The summed E-state index contributed by atoms with van der Waals surface area (Å²) < 4.78 is 5.12. The van der Waals surface area contributed by atoms with Crippen LogP contribution in [0.15, 0.2) is 22.8 Å². The van der Waals surface area contributed by atoms with E-state index in [0.29, 0.717) is 31.9 Å². The Labute approximate surface area is 147 Å². The third-order valence-electron chi connectivity index (χ3n) is 4.93. The highest BCUT2D eigenvalue weighted by molar-refractivity contribution is 5.97. The molecule has 7 heteroatoms. The van der Waals surface area contributed by atoms with E-state index in [4.69, 9.17) is 4.42 Å². The van der Waals surface area contributed by atoms with Crippen molar-refractivity contribution in [3.05, 3.63) is 24.2 Å². The third-order valence-corrected chi connectivity index (χ3v) is 4.93. The second-order valence-corrected chi connectivity index (χ2v) is 6.73. The molecule has 0 atom stereocenters. The van der Waals surface area contributed by atoms with Gasteiger partial charge < -0.3 is 19.5 Å². The van der Waals surface area contributed by atoms with Crippen molar-refractivity contribution in [3.63, 3.8) is 0 Å². The molecule has 7 nitrogen and oxygen atoms in total. The van der Waals surface area contributed by atoms with Crippen LogP contribution in [0.25, 0.3) is 0 Å². The van der Waals surface area contributed by atoms with E-state index < -0.39 is 0 Å². The van der Waals surface area contributed by atoms with Crippen LogP contribution < -0.4 is 5.32 Å². The van der Waals surface area contributed by atoms with Gasteiger partial charge in [0, 0.05) is 32.2 Å². The third kappa shape index (κ3) is 4.61. The van der Waals surface area contributed by atoms with E-state index in [1.165, 1.54) is 12.7 Å². The highest BCUT2D eigenvalue weighted by Crippen LogP contribution is 2.17. The number of hydrogen-bond acceptors (Lipinski definition) is 4. The second kappa shape index (κ2) is 8.18. The molecule has 1 aliphatic heterocycles. The Bertz CT molecular complexity index is 600. The van der Waals surface area contributed by atoms with Gasteiger partial charge in [0.25, 0.3) is 5.91 Å². The molecule has 2 fully saturated rings. The molecule has 2 heterocycles. The number of nitrogens with one attached hydrogen (secondary N) is 1. The van der Waals surface area contributed by atoms with Gasteiger partial charge in [0.2, 0.25) is 11.8 Å². The Kier molecular flexibility index (Phi) is 5.73. The van der Waals surface area contributed by atoms with Gasteiger partial charge in [-0.05, 0) is 25.0 Å². The molecule has 1 aromatic heterocycles. The molecule has 1 saturated heterocycles. The van der Waals surface area contributed by atoms with E-state index in [-0.39, 0.29) is 30.2 Å². The van der Waals surface area contributed by atoms with E-state index in [2.05, 4.69) is 5.32 Å². The summed E-state index contributed by atoms with van der Waals surface area (Å²) in [5.74, 6) is -0.205. The average Bonchev–Trinajstić information content (AvgIpc) is 3.16. The molecule has 1 aliphatic carbocycles.